The number of amides is 1. The lowest BCUT2D eigenvalue weighted by atomic mass is 10.1. The molecule has 1 aliphatic rings. The third kappa shape index (κ3) is 5.16. The lowest BCUT2D eigenvalue weighted by Gasteiger charge is -2.26. The van der Waals surface area contributed by atoms with E-state index in [9.17, 15) is 22.8 Å². The second-order valence-corrected chi connectivity index (χ2v) is 11.1. The molecule has 0 unspecified atom stereocenters. The Morgan fingerprint density at radius 1 is 1.13 bits per heavy atom. The van der Waals surface area contributed by atoms with E-state index in [1.54, 1.807) is 12.1 Å². The summed E-state index contributed by atoms with van der Waals surface area (Å²) in [5.74, 6) is -0.663. The standard InChI is InChI=1S/C27H33N5O6S/c1-4-6-15-30(23-24(28)31(14-5-2)27(35)29-25(23)33)26(34)20-17-19(11-12-22(20)38-3)39(36,37)32-16-13-18-9-7-8-10-21(18)32/h7-12,17H,4-6,13-16,28H2,1-3H3,(H,29,33,35). The number of sulfonamides is 1. The summed E-state index contributed by atoms with van der Waals surface area (Å²) >= 11 is 0. The SMILES string of the molecule is CCCCN(C(=O)c1cc(S(=O)(=O)N2CCc3ccccc32)ccc1OC)c1c(N)n(CCC)c(=O)[nH]c1=O. The minimum absolute atomic E-state index is 0.0470. The first kappa shape index (κ1) is 28.0. The van der Waals surface area contributed by atoms with Crippen LogP contribution in [0.3, 0.4) is 0 Å². The number of benzene rings is 2. The number of rotatable bonds is 10. The Bertz CT molecular complexity index is 1610. The van der Waals surface area contributed by atoms with Gasteiger partial charge in [0.1, 0.15) is 11.6 Å². The van der Waals surface area contributed by atoms with Gasteiger partial charge in [0.25, 0.3) is 21.5 Å². The topological polar surface area (TPSA) is 148 Å². The van der Waals surface area contributed by atoms with Crippen molar-refractivity contribution in [3.8, 4) is 5.75 Å². The van der Waals surface area contributed by atoms with Gasteiger partial charge in [0.05, 0.1) is 23.3 Å². The average Bonchev–Trinajstić information content (AvgIpc) is 3.37. The molecule has 11 nitrogen and oxygen atoms in total. The zero-order valence-corrected chi connectivity index (χ0v) is 23.1. The highest BCUT2D eigenvalue weighted by molar-refractivity contribution is 7.92. The molecule has 12 heteroatoms. The first-order chi connectivity index (χ1) is 18.6. The molecule has 3 aromatic rings. The Morgan fingerprint density at radius 2 is 1.87 bits per heavy atom. The Balaban J connectivity index is 1.83. The maximum Gasteiger partial charge on any atom is 0.330 e. The van der Waals surface area contributed by atoms with Crippen LogP contribution in [0.4, 0.5) is 17.2 Å². The van der Waals surface area contributed by atoms with Gasteiger partial charge in [0, 0.05) is 19.6 Å². The molecular formula is C27H33N5O6S. The highest BCUT2D eigenvalue weighted by Crippen LogP contribution is 2.34. The van der Waals surface area contributed by atoms with E-state index < -0.39 is 27.2 Å². The number of nitrogen functional groups attached to an aromatic ring is 1. The minimum Gasteiger partial charge on any atom is -0.496 e. The van der Waals surface area contributed by atoms with Gasteiger partial charge in [-0.3, -0.25) is 23.4 Å². The number of nitrogens with two attached hydrogens (primary N) is 1. The van der Waals surface area contributed by atoms with Crippen LogP contribution in [0.15, 0.2) is 56.9 Å². The van der Waals surface area contributed by atoms with Crippen LogP contribution in [0, 0.1) is 0 Å². The number of aromatic nitrogens is 2. The highest BCUT2D eigenvalue weighted by Gasteiger charge is 2.33. The number of H-pyrrole nitrogens is 1. The molecule has 2 heterocycles. The van der Waals surface area contributed by atoms with Gasteiger partial charge < -0.3 is 15.4 Å². The summed E-state index contributed by atoms with van der Waals surface area (Å²) < 4.78 is 35.3. The lowest BCUT2D eigenvalue weighted by Crippen LogP contribution is -2.41. The molecule has 4 rings (SSSR count). The number of hydrogen-bond donors (Lipinski definition) is 2. The molecule has 0 spiro atoms. The molecule has 0 atom stereocenters. The molecule has 3 N–H and O–H groups in total. The summed E-state index contributed by atoms with van der Waals surface area (Å²) in [6.07, 6.45) is 2.39. The van der Waals surface area contributed by atoms with Gasteiger partial charge in [-0.2, -0.15) is 0 Å². The van der Waals surface area contributed by atoms with E-state index in [1.165, 1.54) is 39.1 Å². The Morgan fingerprint density at radius 3 is 2.56 bits per heavy atom. The van der Waals surface area contributed by atoms with Gasteiger partial charge >= 0.3 is 5.69 Å². The monoisotopic (exact) mass is 555 g/mol. The van der Waals surface area contributed by atoms with Gasteiger partial charge in [0.15, 0.2) is 5.69 Å². The van der Waals surface area contributed by atoms with Gasteiger partial charge in [-0.25, -0.2) is 13.2 Å². The van der Waals surface area contributed by atoms with E-state index in [0.29, 0.717) is 31.4 Å². The number of para-hydroxylation sites is 1. The second-order valence-electron chi connectivity index (χ2n) is 9.27. The fourth-order valence-electron chi connectivity index (χ4n) is 4.76. The zero-order chi connectivity index (χ0) is 28.3. The molecule has 1 aromatic heterocycles. The van der Waals surface area contributed by atoms with Crippen LogP contribution >= 0.6 is 0 Å². The van der Waals surface area contributed by atoms with Crippen molar-refractivity contribution < 1.29 is 17.9 Å². The smallest absolute Gasteiger partial charge is 0.330 e. The third-order valence-electron chi connectivity index (χ3n) is 6.75. The number of methoxy groups -OCH3 is 1. The van der Waals surface area contributed by atoms with Crippen LogP contribution < -0.4 is 30.9 Å². The second kappa shape index (κ2) is 11.4. The maximum atomic E-state index is 14.0. The Labute approximate surface area is 226 Å². The third-order valence-corrected chi connectivity index (χ3v) is 8.55. The van der Waals surface area contributed by atoms with Crippen LogP contribution in [0.25, 0.3) is 0 Å². The number of nitrogens with zero attached hydrogens (tertiary/aromatic N) is 3. The van der Waals surface area contributed by atoms with Crippen molar-refractivity contribution in [3.05, 3.63) is 74.4 Å². The molecule has 1 amide bonds. The normalized spacial score (nSPS) is 12.8. The molecule has 0 fully saturated rings. The fourth-order valence-corrected chi connectivity index (χ4v) is 6.29. The van der Waals surface area contributed by atoms with Crippen LogP contribution in [0.2, 0.25) is 0 Å². The molecule has 208 valence electrons. The molecule has 0 bridgehead atoms. The number of carbonyl (C=O) groups is 1. The van der Waals surface area contributed by atoms with Crippen molar-refractivity contribution in [2.24, 2.45) is 0 Å². The van der Waals surface area contributed by atoms with Crippen molar-refractivity contribution >= 4 is 33.1 Å². The summed E-state index contributed by atoms with van der Waals surface area (Å²) in [6.45, 7) is 4.43. The molecular weight excluding hydrogens is 522 g/mol. The number of nitrogens with one attached hydrogen (secondary N) is 1. The van der Waals surface area contributed by atoms with Crippen LogP contribution in [-0.2, 0) is 23.0 Å². The Kier molecular flexibility index (Phi) is 8.14. The summed E-state index contributed by atoms with van der Waals surface area (Å²) in [4.78, 5) is 42.7. The molecule has 1 aliphatic heterocycles. The number of anilines is 3. The predicted molar refractivity (Wildman–Crippen MR) is 150 cm³/mol. The van der Waals surface area contributed by atoms with E-state index in [1.807, 2.05) is 26.0 Å². The first-order valence-electron chi connectivity index (χ1n) is 12.9. The van der Waals surface area contributed by atoms with E-state index in [0.717, 1.165) is 5.56 Å². The van der Waals surface area contributed by atoms with Crippen LogP contribution in [0.1, 0.15) is 49.0 Å². The van der Waals surface area contributed by atoms with Gasteiger partial charge in [-0.1, -0.05) is 38.5 Å². The van der Waals surface area contributed by atoms with E-state index in [-0.39, 0.29) is 47.3 Å². The first-order valence-corrected chi connectivity index (χ1v) is 14.3. The molecule has 39 heavy (non-hydrogen) atoms. The largest absolute Gasteiger partial charge is 0.496 e. The maximum absolute atomic E-state index is 14.0. The van der Waals surface area contributed by atoms with Crippen molar-refractivity contribution in [3.63, 3.8) is 0 Å². The lowest BCUT2D eigenvalue weighted by molar-refractivity contribution is 0.0983. The molecule has 0 saturated heterocycles. The summed E-state index contributed by atoms with van der Waals surface area (Å²) in [6, 6.07) is 11.4. The number of hydrogen-bond acceptors (Lipinski definition) is 7. The molecule has 0 saturated carbocycles. The number of unbranched alkanes of at least 4 members (excludes halogenated alkanes) is 1. The number of fused-ring (bicyclic) bond motifs is 1. The fraction of sp³-hybridized carbons (Fsp3) is 0.370. The van der Waals surface area contributed by atoms with Gasteiger partial charge in [0.2, 0.25) is 0 Å². The Hall–Kier alpha value is -4.06. The van der Waals surface area contributed by atoms with Crippen molar-refractivity contribution in [1.29, 1.82) is 0 Å². The van der Waals surface area contributed by atoms with Crippen LogP contribution in [0.5, 0.6) is 5.75 Å². The molecule has 0 radical (unpaired) electrons. The minimum atomic E-state index is -4.01. The predicted octanol–water partition coefficient (Wildman–Crippen LogP) is 2.74. The highest BCUT2D eigenvalue weighted by atomic mass is 32.2. The zero-order valence-electron chi connectivity index (χ0n) is 22.3. The molecule has 2 aromatic carbocycles. The number of carbonyl (C=O) groups excluding carboxylic acids is 1. The van der Waals surface area contributed by atoms with Crippen molar-refractivity contribution in [2.75, 3.05) is 35.1 Å². The van der Waals surface area contributed by atoms with E-state index in [4.69, 9.17) is 10.5 Å². The quantitative estimate of drug-likeness (QED) is 0.391. The van der Waals surface area contributed by atoms with E-state index >= 15 is 0 Å². The summed E-state index contributed by atoms with van der Waals surface area (Å²) in [5.41, 5.74) is 6.12. The van der Waals surface area contributed by atoms with Crippen molar-refractivity contribution in [1.82, 2.24) is 9.55 Å². The van der Waals surface area contributed by atoms with Crippen molar-refractivity contribution in [2.45, 2.75) is 51.0 Å². The summed E-state index contributed by atoms with van der Waals surface area (Å²) in [7, 11) is -2.64. The van der Waals surface area contributed by atoms with Gasteiger partial charge in [-0.05, 0) is 49.1 Å². The summed E-state index contributed by atoms with van der Waals surface area (Å²) in [5, 5.41) is 0. The number of aromatic amines is 1. The van der Waals surface area contributed by atoms with E-state index in [2.05, 4.69) is 4.98 Å². The van der Waals surface area contributed by atoms with Gasteiger partial charge in [-0.15, -0.1) is 0 Å². The van der Waals surface area contributed by atoms with Crippen LogP contribution in [-0.4, -0.2) is 44.1 Å². The molecule has 0 aliphatic carbocycles. The average molecular weight is 556 g/mol. The number of ether oxygens (including phenoxy) is 1.